The van der Waals surface area contributed by atoms with Crippen molar-refractivity contribution < 1.29 is 20.1 Å². The number of hydrogen-bond donors (Lipinski definition) is 4. The van der Waals surface area contributed by atoms with Gasteiger partial charge in [-0.05, 0) is 12.5 Å². The number of aromatic nitrogens is 4. The van der Waals surface area contributed by atoms with Crippen molar-refractivity contribution in [2.75, 3.05) is 11.9 Å². The fourth-order valence-corrected chi connectivity index (χ4v) is 3.29. The molecule has 4 rings (SSSR count). The molecule has 0 bridgehead atoms. The van der Waals surface area contributed by atoms with Crippen LogP contribution in [0.25, 0.3) is 11.2 Å². The summed E-state index contributed by atoms with van der Waals surface area (Å²) in [6.07, 6.45) is -1.24. The van der Waals surface area contributed by atoms with Crippen LogP contribution in [0.4, 0.5) is 5.82 Å². The van der Waals surface area contributed by atoms with Crippen LogP contribution < -0.4 is 5.32 Å². The van der Waals surface area contributed by atoms with Crippen LogP contribution in [0, 0.1) is 6.92 Å². The third-order valence-corrected chi connectivity index (χ3v) is 4.69. The summed E-state index contributed by atoms with van der Waals surface area (Å²) >= 11 is 0. The van der Waals surface area contributed by atoms with Crippen molar-refractivity contribution in [3.63, 3.8) is 0 Å². The molecule has 1 aromatic carbocycles. The molecule has 4 N–H and O–H groups in total. The molecule has 0 amide bonds. The molecule has 0 spiro atoms. The summed E-state index contributed by atoms with van der Waals surface area (Å²) in [6.45, 7) is 2.23. The predicted octanol–water partition coefficient (Wildman–Crippen LogP) is 0.358. The summed E-state index contributed by atoms with van der Waals surface area (Å²) in [5, 5.41) is 32.7. The predicted molar refractivity (Wildman–Crippen MR) is 96.8 cm³/mol. The lowest BCUT2D eigenvalue weighted by Gasteiger charge is -2.16. The second kappa shape index (κ2) is 7.20. The van der Waals surface area contributed by atoms with Gasteiger partial charge >= 0.3 is 0 Å². The molecule has 1 unspecified atom stereocenters. The largest absolute Gasteiger partial charge is 0.394 e. The lowest BCUT2D eigenvalue weighted by Crippen LogP contribution is -2.33. The van der Waals surface area contributed by atoms with Crippen molar-refractivity contribution >= 4 is 17.0 Å². The number of imidazole rings is 1. The van der Waals surface area contributed by atoms with Gasteiger partial charge in [-0.2, -0.15) is 0 Å². The number of fused-ring (bicyclic) bond motifs is 1. The Kier molecular flexibility index (Phi) is 4.75. The van der Waals surface area contributed by atoms with Gasteiger partial charge in [-0.25, -0.2) is 15.0 Å². The smallest absolute Gasteiger partial charge is 0.167 e. The first kappa shape index (κ1) is 17.8. The fraction of sp³-hybridized carbons (Fsp3) is 0.389. The minimum atomic E-state index is -1.20. The molecular weight excluding hydrogens is 350 g/mol. The molecule has 1 aliphatic rings. The highest BCUT2D eigenvalue weighted by atomic mass is 16.6. The molecule has 0 saturated carbocycles. The molecule has 3 heterocycles. The van der Waals surface area contributed by atoms with E-state index >= 15 is 0 Å². The monoisotopic (exact) mass is 371 g/mol. The molecule has 0 aliphatic carbocycles. The van der Waals surface area contributed by atoms with Gasteiger partial charge in [0.15, 0.2) is 23.2 Å². The molecule has 142 valence electrons. The number of aliphatic hydroxyl groups excluding tert-OH is 3. The lowest BCUT2D eigenvalue weighted by atomic mass is 10.1. The Hall–Kier alpha value is -2.59. The van der Waals surface area contributed by atoms with E-state index in [1.807, 2.05) is 25.1 Å². The molecule has 0 radical (unpaired) electrons. The molecule has 4 atom stereocenters. The van der Waals surface area contributed by atoms with Crippen LogP contribution in [0.5, 0.6) is 0 Å². The topological polar surface area (TPSA) is 126 Å². The van der Waals surface area contributed by atoms with E-state index in [4.69, 9.17) is 4.74 Å². The van der Waals surface area contributed by atoms with Crippen molar-refractivity contribution in [2.24, 2.45) is 0 Å². The van der Waals surface area contributed by atoms with Crippen LogP contribution >= 0.6 is 0 Å². The number of hydrogen-bond acceptors (Lipinski definition) is 8. The molecule has 1 saturated heterocycles. The zero-order valence-electron chi connectivity index (χ0n) is 14.7. The van der Waals surface area contributed by atoms with Gasteiger partial charge in [0, 0.05) is 6.54 Å². The van der Waals surface area contributed by atoms with Crippen molar-refractivity contribution in [1.29, 1.82) is 0 Å². The highest BCUT2D eigenvalue weighted by Crippen LogP contribution is 2.32. The number of aliphatic hydroxyl groups is 3. The van der Waals surface area contributed by atoms with E-state index < -0.39 is 24.5 Å². The van der Waals surface area contributed by atoms with E-state index in [2.05, 4.69) is 26.3 Å². The van der Waals surface area contributed by atoms with Crippen LogP contribution in [0.15, 0.2) is 36.9 Å². The van der Waals surface area contributed by atoms with Gasteiger partial charge in [0.25, 0.3) is 0 Å². The summed E-state index contributed by atoms with van der Waals surface area (Å²) in [5.41, 5.74) is 3.29. The number of nitrogens with one attached hydrogen (secondary N) is 1. The van der Waals surface area contributed by atoms with Crippen molar-refractivity contribution in [2.45, 2.75) is 38.0 Å². The lowest BCUT2D eigenvalue weighted by molar-refractivity contribution is -0.0511. The minimum absolute atomic E-state index is 0.389. The first-order valence-corrected chi connectivity index (χ1v) is 8.68. The number of benzene rings is 1. The molecule has 2 aromatic heterocycles. The Labute approximate surface area is 155 Å². The molecule has 9 nitrogen and oxygen atoms in total. The van der Waals surface area contributed by atoms with Crippen LogP contribution in [0.2, 0.25) is 0 Å². The highest BCUT2D eigenvalue weighted by Gasteiger charge is 2.44. The number of anilines is 1. The second-order valence-corrected chi connectivity index (χ2v) is 6.62. The van der Waals surface area contributed by atoms with Crippen molar-refractivity contribution in [3.05, 3.63) is 48.0 Å². The molecular formula is C18H21N5O4. The normalized spacial score (nSPS) is 25.2. The third-order valence-electron chi connectivity index (χ3n) is 4.69. The maximum absolute atomic E-state index is 10.2. The average molecular weight is 371 g/mol. The standard InChI is InChI=1S/C18H21N5O4/c1-10-3-2-4-11(5-10)6-19-16-13-17(21-8-20-16)23(9-22-13)18-15(26)14(25)12(7-24)27-18/h2-5,8-9,12,14-15,18,24-26H,6-7H2,1H3,(H,19,20,21)/t12-,14+,15?,18-/m1/s1. The summed E-state index contributed by atoms with van der Waals surface area (Å²) in [6, 6.07) is 8.15. The quantitative estimate of drug-likeness (QED) is 0.507. The van der Waals surface area contributed by atoms with Gasteiger partial charge in [-0.1, -0.05) is 29.8 Å². The van der Waals surface area contributed by atoms with E-state index in [0.717, 1.165) is 5.56 Å². The maximum Gasteiger partial charge on any atom is 0.167 e. The van der Waals surface area contributed by atoms with Gasteiger partial charge in [0.05, 0.1) is 12.9 Å². The first-order valence-electron chi connectivity index (χ1n) is 8.68. The molecule has 9 heteroatoms. The van der Waals surface area contributed by atoms with E-state index in [9.17, 15) is 15.3 Å². The number of ether oxygens (including phenoxy) is 1. The number of rotatable bonds is 5. The highest BCUT2D eigenvalue weighted by molar-refractivity contribution is 5.82. The van der Waals surface area contributed by atoms with Crippen LogP contribution in [-0.2, 0) is 11.3 Å². The SMILES string of the molecule is Cc1cccc(CNc2ncnc3c2ncn3[C@@H]2O[C@H](CO)[C@H](O)C2O)c1. The Morgan fingerprint density at radius 1 is 1.19 bits per heavy atom. The Bertz CT molecular complexity index is 946. The minimum Gasteiger partial charge on any atom is -0.394 e. The second-order valence-electron chi connectivity index (χ2n) is 6.62. The Morgan fingerprint density at radius 3 is 2.78 bits per heavy atom. The van der Waals surface area contributed by atoms with Crippen LogP contribution in [0.3, 0.4) is 0 Å². The first-order chi connectivity index (χ1) is 13.1. The maximum atomic E-state index is 10.2. The fourth-order valence-electron chi connectivity index (χ4n) is 3.29. The van der Waals surface area contributed by atoms with E-state index in [1.165, 1.54) is 18.2 Å². The van der Waals surface area contributed by atoms with E-state index in [0.29, 0.717) is 23.5 Å². The molecule has 1 fully saturated rings. The van der Waals surface area contributed by atoms with Gasteiger partial charge in [-0.15, -0.1) is 0 Å². The summed E-state index contributed by atoms with van der Waals surface area (Å²) in [5.74, 6) is 0.562. The van der Waals surface area contributed by atoms with Crippen molar-refractivity contribution in [3.8, 4) is 0 Å². The van der Waals surface area contributed by atoms with Crippen molar-refractivity contribution in [1.82, 2.24) is 19.5 Å². The van der Waals surface area contributed by atoms with Crippen LogP contribution in [0.1, 0.15) is 17.4 Å². The zero-order valence-corrected chi connectivity index (χ0v) is 14.7. The molecule has 3 aromatic rings. The Morgan fingerprint density at radius 2 is 2.04 bits per heavy atom. The average Bonchev–Trinajstić information content (AvgIpc) is 3.22. The third kappa shape index (κ3) is 3.26. The summed E-state index contributed by atoms with van der Waals surface area (Å²) < 4.78 is 7.10. The molecule has 1 aliphatic heterocycles. The van der Waals surface area contributed by atoms with Gasteiger partial charge < -0.3 is 25.4 Å². The van der Waals surface area contributed by atoms with Gasteiger partial charge in [0.2, 0.25) is 0 Å². The van der Waals surface area contributed by atoms with Gasteiger partial charge in [0.1, 0.15) is 24.6 Å². The zero-order chi connectivity index (χ0) is 19.0. The summed E-state index contributed by atoms with van der Waals surface area (Å²) in [7, 11) is 0. The summed E-state index contributed by atoms with van der Waals surface area (Å²) in [4.78, 5) is 12.8. The van der Waals surface area contributed by atoms with Crippen LogP contribution in [-0.4, -0.2) is 59.8 Å². The van der Waals surface area contributed by atoms with E-state index in [1.54, 1.807) is 4.57 Å². The molecule has 27 heavy (non-hydrogen) atoms. The van der Waals surface area contributed by atoms with Gasteiger partial charge in [-0.3, -0.25) is 4.57 Å². The van der Waals surface area contributed by atoms with E-state index in [-0.39, 0.29) is 6.61 Å². The number of nitrogens with zero attached hydrogens (tertiary/aromatic N) is 4. The number of aryl methyl sites for hydroxylation is 1. The Balaban J connectivity index is 1.60.